The quantitative estimate of drug-likeness (QED) is 0.697. The number of nitrogens with zero attached hydrogens (tertiary/aromatic N) is 1. The van der Waals surface area contributed by atoms with Gasteiger partial charge in [-0.2, -0.15) is 4.31 Å². The molecule has 3 N–H and O–H groups in total. The molecule has 1 saturated heterocycles. The van der Waals surface area contributed by atoms with Gasteiger partial charge in [-0.15, -0.1) is 12.4 Å². The number of benzene rings is 1. The standard InChI is InChI=1S/C18H29N3O3S.ClH/c1-2-3-9-16(14-19)20-18(22)15-8-7-10-17(13-15)25(23,24)21-11-5-4-6-12-21;/h7-8,10,13,16H,2-6,9,11-12,14,19H2,1H3,(H,20,22);1H. The van der Waals surface area contributed by atoms with Crippen molar-refractivity contribution in [1.29, 1.82) is 0 Å². The molecule has 1 aliphatic heterocycles. The van der Waals surface area contributed by atoms with Gasteiger partial charge >= 0.3 is 0 Å². The van der Waals surface area contributed by atoms with Crippen molar-refractivity contribution in [3.63, 3.8) is 0 Å². The van der Waals surface area contributed by atoms with Crippen molar-refractivity contribution >= 4 is 28.3 Å². The Morgan fingerprint density at radius 1 is 1.27 bits per heavy atom. The van der Waals surface area contributed by atoms with E-state index in [2.05, 4.69) is 12.2 Å². The summed E-state index contributed by atoms with van der Waals surface area (Å²) in [6.45, 7) is 3.55. The minimum atomic E-state index is -3.54. The van der Waals surface area contributed by atoms with Crippen LogP contribution in [0, 0.1) is 0 Å². The van der Waals surface area contributed by atoms with E-state index in [9.17, 15) is 13.2 Å². The van der Waals surface area contributed by atoms with Gasteiger partial charge in [0.25, 0.3) is 5.91 Å². The van der Waals surface area contributed by atoms with Gasteiger partial charge in [-0.25, -0.2) is 8.42 Å². The minimum Gasteiger partial charge on any atom is -0.348 e. The summed E-state index contributed by atoms with van der Waals surface area (Å²) in [6, 6.07) is 6.19. The molecule has 0 bridgehead atoms. The number of piperidine rings is 1. The number of carbonyl (C=O) groups is 1. The lowest BCUT2D eigenvalue weighted by Gasteiger charge is -2.26. The number of hydrogen-bond acceptors (Lipinski definition) is 4. The zero-order valence-electron chi connectivity index (χ0n) is 15.3. The molecule has 1 amide bonds. The fraction of sp³-hybridized carbons (Fsp3) is 0.611. The first-order valence-electron chi connectivity index (χ1n) is 9.10. The largest absolute Gasteiger partial charge is 0.348 e. The van der Waals surface area contributed by atoms with Gasteiger partial charge in [0, 0.05) is 31.2 Å². The fourth-order valence-electron chi connectivity index (χ4n) is 3.02. The zero-order valence-corrected chi connectivity index (χ0v) is 16.9. The Bertz CT molecular complexity index is 676. The SMILES string of the molecule is CCCCC(CN)NC(=O)c1cccc(S(=O)(=O)N2CCCCC2)c1.Cl. The predicted molar refractivity (Wildman–Crippen MR) is 106 cm³/mol. The Morgan fingerprint density at radius 3 is 2.58 bits per heavy atom. The van der Waals surface area contributed by atoms with E-state index in [-0.39, 0.29) is 29.3 Å². The summed E-state index contributed by atoms with van der Waals surface area (Å²) in [4.78, 5) is 12.6. The molecule has 0 aliphatic carbocycles. The van der Waals surface area contributed by atoms with Crippen LogP contribution in [0.15, 0.2) is 29.2 Å². The lowest BCUT2D eigenvalue weighted by molar-refractivity contribution is 0.0935. The Hall–Kier alpha value is -1.15. The first kappa shape index (κ1) is 22.9. The van der Waals surface area contributed by atoms with Crippen LogP contribution in [0.3, 0.4) is 0 Å². The molecule has 1 fully saturated rings. The van der Waals surface area contributed by atoms with Crippen LogP contribution in [0.2, 0.25) is 0 Å². The van der Waals surface area contributed by atoms with E-state index in [1.54, 1.807) is 18.2 Å². The number of halogens is 1. The van der Waals surface area contributed by atoms with E-state index in [0.717, 1.165) is 38.5 Å². The summed E-state index contributed by atoms with van der Waals surface area (Å²) in [7, 11) is -3.54. The van der Waals surface area contributed by atoms with Gasteiger partial charge in [0.1, 0.15) is 0 Å². The molecule has 0 aromatic heterocycles. The topological polar surface area (TPSA) is 92.5 Å². The Morgan fingerprint density at radius 2 is 1.96 bits per heavy atom. The summed E-state index contributed by atoms with van der Waals surface area (Å²) in [5.41, 5.74) is 6.07. The smallest absolute Gasteiger partial charge is 0.251 e. The van der Waals surface area contributed by atoms with E-state index >= 15 is 0 Å². The van der Waals surface area contributed by atoms with Crippen LogP contribution in [0.4, 0.5) is 0 Å². The Balaban J connectivity index is 0.00000338. The van der Waals surface area contributed by atoms with Crippen molar-refractivity contribution in [3.05, 3.63) is 29.8 Å². The van der Waals surface area contributed by atoms with E-state index in [4.69, 9.17) is 5.73 Å². The number of nitrogens with two attached hydrogens (primary N) is 1. The minimum absolute atomic E-state index is 0. The number of nitrogens with one attached hydrogen (secondary N) is 1. The third-order valence-electron chi connectivity index (χ3n) is 4.57. The summed E-state index contributed by atoms with van der Waals surface area (Å²) < 4.78 is 27.0. The van der Waals surface area contributed by atoms with Crippen molar-refractivity contribution in [2.24, 2.45) is 5.73 Å². The van der Waals surface area contributed by atoms with Gasteiger partial charge in [-0.05, 0) is 37.5 Å². The van der Waals surface area contributed by atoms with Crippen LogP contribution < -0.4 is 11.1 Å². The molecule has 1 aliphatic rings. The van der Waals surface area contributed by atoms with Crippen LogP contribution in [-0.2, 0) is 10.0 Å². The highest BCUT2D eigenvalue weighted by Gasteiger charge is 2.26. The van der Waals surface area contributed by atoms with Crippen LogP contribution >= 0.6 is 12.4 Å². The number of amides is 1. The number of hydrogen-bond donors (Lipinski definition) is 2. The molecule has 2 rings (SSSR count). The van der Waals surface area contributed by atoms with Crippen molar-refractivity contribution in [3.8, 4) is 0 Å². The van der Waals surface area contributed by atoms with E-state index in [0.29, 0.717) is 25.2 Å². The highest BCUT2D eigenvalue weighted by Crippen LogP contribution is 2.21. The highest BCUT2D eigenvalue weighted by molar-refractivity contribution is 7.89. The van der Waals surface area contributed by atoms with Gasteiger partial charge < -0.3 is 11.1 Å². The van der Waals surface area contributed by atoms with Crippen molar-refractivity contribution in [2.75, 3.05) is 19.6 Å². The first-order valence-corrected chi connectivity index (χ1v) is 10.5. The van der Waals surface area contributed by atoms with Crippen LogP contribution in [0.25, 0.3) is 0 Å². The molecule has 0 radical (unpaired) electrons. The molecular formula is C18H30ClN3O3S. The van der Waals surface area contributed by atoms with Crippen molar-refractivity contribution in [2.45, 2.75) is 56.4 Å². The summed E-state index contributed by atoms with van der Waals surface area (Å²) in [5, 5.41) is 2.90. The summed E-state index contributed by atoms with van der Waals surface area (Å²) in [5.74, 6) is -0.276. The second-order valence-corrected chi connectivity index (χ2v) is 8.48. The average Bonchev–Trinajstić information content (AvgIpc) is 2.65. The lowest BCUT2D eigenvalue weighted by Crippen LogP contribution is -2.40. The molecule has 1 unspecified atom stereocenters. The molecule has 6 nitrogen and oxygen atoms in total. The lowest BCUT2D eigenvalue weighted by atomic mass is 10.1. The van der Waals surface area contributed by atoms with Crippen molar-refractivity contribution in [1.82, 2.24) is 9.62 Å². The molecule has 8 heteroatoms. The predicted octanol–water partition coefficient (Wildman–Crippen LogP) is 2.53. The van der Waals surface area contributed by atoms with Gasteiger partial charge in [-0.3, -0.25) is 4.79 Å². The molecule has 1 atom stereocenters. The molecular weight excluding hydrogens is 374 g/mol. The molecule has 1 aromatic rings. The second-order valence-electron chi connectivity index (χ2n) is 6.54. The van der Waals surface area contributed by atoms with Gasteiger partial charge in [-0.1, -0.05) is 32.3 Å². The van der Waals surface area contributed by atoms with E-state index in [1.807, 2.05) is 0 Å². The monoisotopic (exact) mass is 403 g/mol. The van der Waals surface area contributed by atoms with Crippen LogP contribution in [0.1, 0.15) is 55.8 Å². The second kappa shape index (κ2) is 10.9. The molecule has 148 valence electrons. The summed E-state index contributed by atoms with van der Waals surface area (Å²) in [6.07, 6.45) is 5.68. The van der Waals surface area contributed by atoms with E-state index < -0.39 is 10.0 Å². The molecule has 26 heavy (non-hydrogen) atoms. The number of unbranched alkanes of at least 4 members (excludes halogenated alkanes) is 1. The maximum Gasteiger partial charge on any atom is 0.251 e. The molecule has 0 spiro atoms. The fourth-order valence-corrected chi connectivity index (χ4v) is 4.58. The van der Waals surface area contributed by atoms with Gasteiger partial charge in [0.05, 0.1) is 4.90 Å². The first-order chi connectivity index (χ1) is 12.0. The van der Waals surface area contributed by atoms with Crippen LogP contribution in [-0.4, -0.2) is 44.3 Å². The van der Waals surface area contributed by atoms with E-state index in [1.165, 1.54) is 10.4 Å². The zero-order chi connectivity index (χ0) is 18.3. The number of sulfonamides is 1. The Labute approximate surface area is 163 Å². The maximum absolute atomic E-state index is 12.8. The molecule has 1 aromatic carbocycles. The van der Waals surface area contributed by atoms with Crippen LogP contribution in [0.5, 0.6) is 0 Å². The number of rotatable bonds is 8. The summed E-state index contributed by atoms with van der Waals surface area (Å²) >= 11 is 0. The maximum atomic E-state index is 12.8. The highest BCUT2D eigenvalue weighted by atomic mass is 35.5. The number of carbonyl (C=O) groups excluding carboxylic acids is 1. The van der Waals surface area contributed by atoms with Crippen molar-refractivity contribution < 1.29 is 13.2 Å². The average molecular weight is 404 g/mol. The van der Waals surface area contributed by atoms with Gasteiger partial charge in [0.15, 0.2) is 0 Å². The van der Waals surface area contributed by atoms with Gasteiger partial charge in [0.2, 0.25) is 10.0 Å². The third kappa shape index (κ3) is 5.94. The third-order valence-corrected chi connectivity index (χ3v) is 6.47. The molecule has 0 saturated carbocycles. The Kier molecular flexibility index (Phi) is 9.57. The molecule has 1 heterocycles. The normalized spacial score (nSPS) is 16.5.